The Morgan fingerprint density at radius 1 is 0.846 bits per heavy atom. The molecule has 128 valence electrons. The van der Waals surface area contributed by atoms with Crippen molar-refractivity contribution in [2.24, 2.45) is 7.05 Å². The third-order valence-electron chi connectivity index (χ3n) is 4.64. The van der Waals surface area contributed by atoms with E-state index in [1.807, 2.05) is 72.8 Å². The molecule has 0 atom stereocenters. The second-order valence-electron chi connectivity index (χ2n) is 6.14. The maximum Gasteiger partial charge on any atom is 0.353 e. The number of carboxylic acids is 1. The first kappa shape index (κ1) is 16.6. The molecule has 4 rings (SSSR count). The average Bonchev–Trinajstić information content (AvgIpc) is 2.96. The SMILES string of the molecule is Cn1c(C(=O)O)c(-c2ccccc2)c2c(-c3ccccc3)c(Br)ccc21. The summed E-state index contributed by atoms with van der Waals surface area (Å²) in [4.78, 5) is 12.1. The zero-order valence-electron chi connectivity index (χ0n) is 14.1. The molecule has 0 aliphatic heterocycles. The summed E-state index contributed by atoms with van der Waals surface area (Å²) in [6, 6.07) is 23.7. The fourth-order valence-electron chi connectivity index (χ4n) is 3.53. The highest BCUT2D eigenvalue weighted by molar-refractivity contribution is 9.10. The molecule has 26 heavy (non-hydrogen) atoms. The number of aromatic carboxylic acids is 1. The first-order valence-electron chi connectivity index (χ1n) is 8.24. The Morgan fingerprint density at radius 3 is 1.92 bits per heavy atom. The number of aryl methyl sites for hydroxylation is 1. The third kappa shape index (κ3) is 2.54. The summed E-state index contributed by atoms with van der Waals surface area (Å²) >= 11 is 3.68. The number of nitrogens with zero attached hydrogens (tertiary/aromatic N) is 1. The van der Waals surface area contributed by atoms with Crippen molar-refractivity contribution in [3.8, 4) is 22.3 Å². The normalized spacial score (nSPS) is 11.0. The number of carbonyl (C=O) groups is 1. The number of hydrogen-bond donors (Lipinski definition) is 1. The summed E-state index contributed by atoms with van der Waals surface area (Å²) in [6.07, 6.45) is 0. The summed E-state index contributed by atoms with van der Waals surface area (Å²) in [5.41, 5.74) is 4.88. The molecule has 0 spiro atoms. The first-order valence-corrected chi connectivity index (χ1v) is 9.04. The summed E-state index contributed by atoms with van der Waals surface area (Å²) in [5.74, 6) is -0.933. The van der Waals surface area contributed by atoms with Crippen LogP contribution in [0.25, 0.3) is 33.2 Å². The summed E-state index contributed by atoms with van der Waals surface area (Å²) in [6.45, 7) is 0. The molecule has 0 unspecified atom stereocenters. The molecule has 0 radical (unpaired) electrons. The molecular formula is C22H16BrNO2. The quantitative estimate of drug-likeness (QED) is 0.455. The number of carboxylic acid groups (broad SMARTS) is 1. The number of aromatic nitrogens is 1. The van der Waals surface area contributed by atoms with Crippen molar-refractivity contribution in [3.05, 3.63) is 83.0 Å². The van der Waals surface area contributed by atoms with Gasteiger partial charge in [0.25, 0.3) is 0 Å². The molecule has 0 aliphatic carbocycles. The molecule has 3 nitrogen and oxygen atoms in total. The standard InChI is InChI=1S/C22H16BrNO2/c1-24-17-13-12-16(23)18(14-8-4-2-5-9-14)20(17)19(21(24)22(25)26)15-10-6-3-7-11-15/h2-13H,1H3,(H,25,26). The summed E-state index contributed by atoms with van der Waals surface area (Å²) < 4.78 is 2.70. The molecule has 0 saturated heterocycles. The van der Waals surface area contributed by atoms with Gasteiger partial charge in [-0.3, -0.25) is 0 Å². The second kappa shape index (κ2) is 6.46. The van der Waals surface area contributed by atoms with Gasteiger partial charge < -0.3 is 9.67 Å². The molecule has 3 aromatic carbocycles. The van der Waals surface area contributed by atoms with Crippen LogP contribution >= 0.6 is 15.9 Å². The Bertz CT molecular complexity index is 1120. The Morgan fingerprint density at radius 2 is 1.38 bits per heavy atom. The lowest BCUT2D eigenvalue weighted by molar-refractivity contribution is 0.0688. The van der Waals surface area contributed by atoms with Crippen molar-refractivity contribution >= 4 is 32.8 Å². The molecule has 0 amide bonds. The third-order valence-corrected chi connectivity index (χ3v) is 5.30. The van der Waals surface area contributed by atoms with Gasteiger partial charge in [0, 0.05) is 33.6 Å². The number of fused-ring (bicyclic) bond motifs is 1. The highest BCUT2D eigenvalue weighted by atomic mass is 79.9. The van der Waals surface area contributed by atoms with Crippen LogP contribution in [-0.4, -0.2) is 15.6 Å². The Labute approximate surface area is 159 Å². The van der Waals surface area contributed by atoms with E-state index in [1.54, 1.807) is 11.6 Å². The van der Waals surface area contributed by atoms with E-state index in [0.717, 1.165) is 37.6 Å². The number of halogens is 1. The largest absolute Gasteiger partial charge is 0.477 e. The van der Waals surface area contributed by atoms with E-state index >= 15 is 0 Å². The van der Waals surface area contributed by atoms with Gasteiger partial charge in [0.1, 0.15) is 5.69 Å². The van der Waals surface area contributed by atoms with Gasteiger partial charge in [-0.15, -0.1) is 0 Å². The zero-order valence-corrected chi connectivity index (χ0v) is 15.7. The van der Waals surface area contributed by atoms with Crippen LogP contribution in [0.5, 0.6) is 0 Å². The van der Waals surface area contributed by atoms with Gasteiger partial charge in [0.2, 0.25) is 0 Å². The molecule has 4 aromatic rings. The molecule has 0 saturated carbocycles. The van der Waals surface area contributed by atoms with E-state index in [0.29, 0.717) is 5.69 Å². The predicted octanol–water partition coefficient (Wildman–Crippen LogP) is 5.97. The fourth-order valence-corrected chi connectivity index (χ4v) is 4.09. The Balaban J connectivity index is 2.22. The minimum absolute atomic E-state index is 0.293. The molecule has 1 aromatic heterocycles. The van der Waals surface area contributed by atoms with Crippen LogP contribution in [0.15, 0.2) is 77.3 Å². The van der Waals surface area contributed by atoms with E-state index in [4.69, 9.17) is 0 Å². The highest BCUT2D eigenvalue weighted by Gasteiger charge is 2.25. The second-order valence-corrected chi connectivity index (χ2v) is 6.99. The molecule has 0 bridgehead atoms. The number of benzene rings is 3. The zero-order chi connectivity index (χ0) is 18.3. The van der Waals surface area contributed by atoms with E-state index in [-0.39, 0.29) is 0 Å². The van der Waals surface area contributed by atoms with Gasteiger partial charge in [-0.2, -0.15) is 0 Å². The number of rotatable bonds is 3. The van der Waals surface area contributed by atoms with Gasteiger partial charge in [-0.25, -0.2) is 4.79 Å². The van der Waals surface area contributed by atoms with Gasteiger partial charge in [-0.05, 0) is 23.3 Å². The molecule has 1 heterocycles. The summed E-state index contributed by atoms with van der Waals surface area (Å²) in [7, 11) is 1.81. The minimum Gasteiger partial charge on any atom is -0.477 e. The van der Waals surface area contributed by atoms with Crippen molar-refractivity contribution in [1.29, 1.82) is 0 Å². The average molecular weight is 406 g/mol. The van der Waals surface area contributed by atoms with E-state index < -0.39 is 5.97 Å². The topological polar surface area (TPSA) is 42.2 Å². The Hall–Kier alpha value is -2.85. The van der Waals surface area contributed by atoms with Crippen molar-refractivity contribution in [2.45, 2.75) is 0 Å². The van der Waals surface area contributed by atoms with Crippen LogP contribution in [0.3, 0.4) is 0 Å². The van der Waals surface area contributed by atoms with Crippen LogP contribution in [0.2, 0.25) is 0 Å². The predicted molar refractivity (Wildman–Crippen MR) is 108 cm³/mol. The lowest BCUT2D eigenvalue weighted by Crippen LogP contribution is -2.05. The Kier molecular flexibility index (Phi) is 4.13. The van der Waals surface area contributed by atoms with E-state index in [9.17, 15) is 9.90 Å². The van der Waals surface area contributed by atoms with Crippen LogP contribution < -0.4 is 0 Å². The van der Waals surface area contributed by atoms with Gasteiger partial charge in [0.15, 0.2) is 0 Å². The molecule has 1 N–H and O–H groups in total. The lowest BCUT2D eigenvalue weighted by Gasteiger charge is -2.10. The molecule has 0 aliphatic rings. The van der Waals surface area contributed by atoms with Crippen LogP contribution in [0.4, 0.5) is 0 Å². The summed E-state index contributed by atoms with van der Waals surface area (Å²) in [5, 5.41) is 10.8. The van der Waals surface area contributed by atoms with Crippen LogP contribution in [-0.2, 0) is 7.05 Å². The maximum absolute atomic E-state index is 12.1. The smallest absolute Gasteiger partial charge is 0.353 e. The highest BCUT2D eigenvalue weighted by Crippen LogP contribution is 2.43. The molecule has 0 fully saturated rings. The maximum atomic E-state index is 12.1. The van der Waals surface area contributed by atoms with Crippen LogP contribution in [0, 0.1) is 0 Å². The monoisotopic (exact) mass is 405 g/mol. The first-order chi connectivity index (χ1) is 12.6. The molecular weight excluding hydrogens is 390 g/mol. The van der Waals surface area contributed by atoms with E-state index in [1.165, 1.54) is 0 Å². The molecule has 4 heteroatoms. The lowest BCUT2D eigenvalue weighted by atomic mass is 9.95. The van der Waals surface area contributed by atoms with Crippen molar-refractivity contribution in [2.75, 3.05) is 0 Å². The van der Waals surface area contributed by atoms with Gasteiger partial charge in [-0.1, -0.05) is 76.6 Å². The minimum atomic E-state index is -0.933. The van der Waals surface area contributed by atoms with Crippen LogP contribution in [0.1, 0.15) is 10.5 Å². The van der Waals surface area contributed by atoms with Crippen molar-refractivity contribution in [3.63, 3.8) is 0 Å². The van der Waals surface area contributed by atoms with Crippen molar-refractivity contribution in [1.82, 2.24) is 4.57 Å². The number of hydrogen-bond acceptors (Lipinski definition) is 1. The van der Waals surface area contributed by atoms with Crippen molar-refractivity contribution < 1.29 is 9.90 Å². The fraction of sp³-hybridized carbons (Fsp3) is 0.0455. The van der Waals surface area contributed by atoms with Gasteiger partial charge in [0.05, 0.1) is 0 Å². The van der Waals surface area contributed by atoms with Gasteiger partial charge >= 0.3 is 5.97 Å². The van der Waals surface area contributed by atoms with E-state index in [2.05, 4.69) is 15.9 Å².